The Balaban J connectivity index is 1.71. The number of nitrogens with zero attached hydrogens (tertiary/aromatic N) is 2. The molecule has 0 radical (unpaired) electrons. The Morgan fingerprint density at radius 1 is 1.33 bits per heavy atom. The molecule has 3 aromatic rings. The van der Waals surface area contributed by atoms with Gasteiger partial charge >= 0.3 is 0 Å². The highest BCUT2D eigenvalue weighted by Gasteiger charge is 2.21. The first-order valence-electron chi connectivity index (χ1n) is 8.02. The number of hydrogen-bond donors (Lipinski definition) is 0. The number of hydrogen-bond acceptors (Lipinski definition) is 4. The molecule has 0 saturated heterocycles. The lowest BCUT2D eigenvalue weighted by Crippen LogP contribution is -2.20. The molecule has 1 aromatic carbocycles. The molecular weight excluding hydrogens is 343 g/mol. The minimum Gasteiger partial charge on any atom is -0.290 e. The molecule has 4 rings (SSSR count). The average Bonchev–Trinajstić information content (AvgIpc) is 2.95. The summed E-state index contributed by atoms with van der Waals surface area (Å²) in [4.78, 5) is 19.7. The van der Waals surface area contributed by atoms with E-state index >= 15 is 0 Å². The maximum Gasteiger partial charge on any atom is 0.262 e. The van der Waals surface area contributed by atoms with Gasteiger partial charge in [-0.1, -0.05) is 23.9 Å². The maximum atomic E-state index is 13.3. The number of benzene rings is 1. The molecule has 3 nitrogen and oxygen atoms in total. The van der Waals surface area contributed by atoms with Crippen LogP contribution in [-0.4, -0.2) is 9.55 Å². The first kappa shape index (κ1) is 15.8. The number of rotatable bonds is 3. The van der Waals surface area contributed by atoms with Gasteiger partial charge in [0.1, 0.15) is 10.6 Å². The van der Waals surface area contributed by atoms with Crippen molar-refractivity contribution in [1.82, 2.24) is 9.55 Å². The van der Waals surface area contributed by atoms with E-state index in [2.05, 4.69) is 0 Å². The van der Waals surface area contributed by atoms with Crippen LogP contribution in [0.4, 0.5) is 4.39 Å². The van der Waals surface area contributed by atoms with Gasteiger partial charge in [-0.05, 0) is 48.9 Å². The van der Waals surface area contributed by atoms with Gasteiger partial charge in [-0.15, -0.1) is 11.3 Å². The molecule has 0 amide bonds. The molecule has 24 heavy (non-hydrogen) atoms. The van der Waals surface area contributed by atoms with Crippen LogP contribution in [0.3, 0.4) is 0 Å². The van der Waals surface area contributed by atoms with Crippen LogP contribution in [0.2, 0.25) is 0 Å². The predicted octanol–water partition coefficient (Wildman–Crippen LogP) is 4.31. The SMILES string of the molecule is Cn1c(SCc2cccc(F)c2)nc2sc3c(c2c1=O)CCCC3. The molecule has 124 valence electrons. The fraction of sp³-hybridized carbons (Fsp3) is 0.333. The molecule has 0 fully saturated rings. The molecule has 2 aromatic heterocycles. The Bertz CT molecular complexity index is 977. The van der Waals surface area contributed by atoms with Crippen LogP contribution in [-0.2, 0) is 25.6 Å². The summed E-state index contributed by atoms with van der Waals surface area (Å²) >= 11 is 3.14. The van der Waals surface area contributed by atoms with Gasteiger partial charge in [0, 0.05) is 17.7 Å². The van der Waals surface area contributed by atoms with Crippen molar-refractivity contribution in [2.24, 2.45) is 7.05 Å². The van der Waals surface area contributed by atoms with Crippen LogP contribution < -0.4 is 5.56 Å². The highest BCUT2D eigenvalue weighted by atomic mass is 32.2. The number of thiophene rings is 1. The molecule has 1 aliphatic carbocycles. The standard InChI is InChI=1S/C18H17FN2OS2/c1-21-17(22)15-13-7-2-3-8-14(13)24-16(15)20-18(21)23-10-11-5-4-6-12(19)9-11/h4-6,9H,2-3,7-8,10H2,1H3. The van der Waals surface area contributed by atoms with E-state index in [0.717, 1.165) is 35.0 Å². The average molecular weight is 360 g/mol. The van der Waals surface area contributed by atoms with Gasteiger partial charge < -0.3 is 0 Å². The van der Waals surface area contributed by atoms with E-state index in [-0.39, 0.29) is 11.4 Å². The summed E-state index contributed by atoms with van der Waals surface area (Å²) < 4.78 is 14.9. The first-order chi connectivity index (χ1) is 11.6. The van der Waals surface area contributed by atoms with Crippen LogP contribution in [0.25, 0.3) is 10.2 Å². The van der Waals surface area contributed by atoms with Crippen LogP contribution in [0.15, 0.2) is 34.2 Å². The second-order valence-electron chi connectivity index (χ2n) is 6.07. The molecule has 2 heterocycles. The summed E-state index contributed by atoms with van der Waals surface area (Å²) in [5, 5.41) is 1.50. The number of aryl methyl sites for hydroxylation is 2. The second-order valence-corrected chi connectivity index (χ2v) is 8.09. The number of fused-ring (bicyclic) bond motifs is 3. The normalized spacial score (nSPS) is 14.1. The monoisotopic (exact) mass is 360 g/mol. The fourth-order valence-corrected chi connectivity index (χ4v) is 5.39. The Kier molecular flexibility index (Phi) is 4.18. The fourth-order valence-electron chi connectivity index (χ4n) is 3.17. The van der Waals surface area contributed by atoms with Crippen molar-refractivity contribution in [3.8, 4) is 0 Å². The van der Waals surface area contributed by atoms with E-state index < -0.39 is 0 Å². The zero-order chi connectivity index (χ0) is 16.7. The lowest BCUT2D eigenvalue weighted by molar-refractivity contribution is 0.626. The molecule has 6 heteroatoms. The first-order valence-corrected chi connectivity index (χ1v) is 9.82. The quantitative estimate of drug-likeness (QED) is 0.516. The molecule has 0 N–H and O–H groups in total. The summed E-state index contributed by atoms with van der Waals surface area (Å²) in [5.74, 6) is 0.352. The van der Waals surface area contributed by atoms with Crippen LogP contribution in [0.5, 0.6) is 0 Å². The van der Waals surface area contributed by atoms with Gasteiger partial charge in [-0.2, -0.15) is 0 Å². The minimum absolute atomic E-state index is 0.0427. The van der Waals surface area contributed by atoms with Gasteiger partial charge in [0.25, 0.3) is 5.56 Å². The van der Waals surface area contributed by atoms with Crippen molar-refractivity contribution in [2.45, 2.75) is 36.6 Å². The van der Waals surface area contributed by atoms with E-state index in [0.29, 0.717) is 10.9 Å². The number of halogens is 1. The third-order valence-electron chi connectivity index (χ3n) is 4.41. The molecule has 0 bridgehead atoms. The third kappa shape index (κ3) is 2.78. The van der Waals surface area contributed by atoms with Crippen molar-refractivity contribution >= 4 is 33.3 Å². The highest BCUT2D eigenvalue weighted by molar-refractivity contribution is 7.98. The van der Waals surface area contributed by atoms with E-state index in [9.17, 15) is 9.18 Å². The number of thioether (sulfide) groups is 1. The molecule has 0 atom stereocenters. The zero-order valence-electron chi connectivity index (χ0n) is 13.3. The van der Waals surface area contributed by atoms with Crippen molar-refractivity contribution in [2.75, 3.05) is 0 Å². The van der Waals surface area contributed by atoms with Crippen molar-refractivity contribution in [3.63, 3.8) is 0 Å². The molecule has 1 aliphatic rings. The van der Waals surface area contributed by atoms with Crippen LogP contribution in [0, 0.1) is 5.82 Å². The van der Waals surface area contributed by atoms with Gasteiger partial charge in [0.05, 0.1) is 5.39 Å². The zero-order valence-corrected chi connectivity index (χ0v) is 15.0. The summed E-state index contributed by atoms with van der Waals surface area (Å²) in [6.45, 7) is 0. The summed E-state index contributed by atoms with van der Waals surface area (Å²) in [6.07, 6.45) is 4.40. The lowest BCUT2D eigenvalue weighted by Gasteiger charge is -2.11. The second kappa shape index (κ2) is 6.33. The van der Waals surface area contributed by atoms with E-state index in [1.165, 1.54) is 40.8 Å². The molecule has 0 unspecified atom stereocenters. The molecule has 0 aliphatic heterocycles. The predicted molar refractivity (Wildman–Crippen MR) is 97.5 cm³/mol. The van der Waals surface area contributed by atoms with Crippen molar-refractivity contribution < 1.29 is 4.39 Å². The van der Waals surface area contributed by atoms with Gasteiger partial charge in [0.15, 0.2) is 5.16 Å². The smallest absolute Gasteiger partial charge is 0.262 e. The van der Waals surface area contributed by atoms with Gasteiger partial charge in [-0.25, -0.2) is 9.37 Å². The number of aromatic nitrogens is 2. The molecule has 0 spiro atoms. The van der Waals surface area contributed by atoms with E-state index in [4.69, 9.17) is 4.98 Å². The Morgan fingerprint density at radius 2 is 2.17 bits per heavy atom. The topological polar surface area (TPSA) is 34.9 Å². The van der Waals surface area contributed by atoms with Crippen molar-refractivity contribution in [1.29, 1.82) is 0 Å². The van der Waals surface area contributed by atoms with Gasteiger partial charge in [0.2, 0.25) is 0 Å². The van der Waals surface area contributed by atoms with Gasteiger partial charge in [-0.3, -0.25) is 9.36 Å². The highest BCUT2D eigenvalue weighted by Crippen LogP contribution is 2.34. The Morgan fingerprint density at radius 3 is 3.00 bits per heavy atom. The van der Waals surface area contributed by atoms with Crippen LogP contribution >= 0.6 is 23.1 Å². The lowest BCUT2D eigenvalue weighted by atomic mass is 9.97. The van der Waals surface area contributed by atoms with E-state index in [1.54, 1.807) is 29.0 Å². The Hall–Kier alpha value is -1.66. The molecule has 0 saturated carbocycles. The van der Waals surface area contributed by atoms with Crippen LogP contribution in [0.1, 0.15) is 28.8 Å². The minimum atomic E-state index is -0.240. The third-order valence-corrected chi connectivity index (χ3v) is 6.70. The summed E-state index contributed by atoms with van der Waals surface area (Å²) in [5.41, 5.74) is 2.15. The Labute approximate surface area is 147 Å². The summed E-state index contributed by atoms with van der Waals surface area (Å²) in [7, 11) is 1.77. The van der Waals surface area contributed by atoms with E-state index in [1.807, 2.05) is 6.07 Å². The molecular formula is C18H17FN2OS2. The maximum absolute atomic E-state index is 13.3. The van der Waals surface area contributed by atoms with Crippen molar-refractivity contribution in [3.05, 3.63) is 56.4 Å². The largest absolute Gasteiger partial charge is 0.290 e. The summed E-state index contributed by atoms with van der Waals surface area (Å²) in [6, 6.07) is 6.54.